The maximum Gasteiger partial charge on any atom is 0.252 e. The number of benzene rings is 1. The van der Waals surface area contributed by atoms with E-state index >= 15 is 0 Å². The molecule has 2 heterocycles. The summed E-state index contributed by atoms with van der Waals surface area (Å²) in [4.78, 5) is 26.5. The van der Waals surface area contributed by atoms with Gasteiger partial charge in [0, 0.05) is 28.8 Å². The first-order valence-electron chi connectivity index (χ1n) is 7.09. The summed E-state index contributed by atoms with van der Waals surface area (Å²) >= 11 is 3.38. The molecule has 1 aromatic carbocycles. The molecular formula is C16H16BrN3O2. The molecule has 3 rings (SSSR count). The van der Waals surface area contributed by atoms with Crippen LogP contribution in [0.15, 0.2) is 34.8 Å². The van der Waals surface area contributed by atoms with Crippen molar-refractivity contribution in [1.29, 1.82) is 0 Å². The highest BCUT2D eigenvalue weighted by molar-refractivity contribution is 9.10. The van der Waals surface area contributed by atoms with Crippen molar-refractivity contribution in [2.24, 2.45) is 5.92 Å². The van der Waals surface area contributed by atoms with E-state index in [-0.39, 0.29) is 24.2 Å². The highest BCUT2D eigenvalue weighted by Crippen LogP contribution is 2.27. The van der Waals surface area contributed by atoms with Crippen LogP contribution in [0, 0.1) is 19.8 Å². The van der Waals surface area contributed by atoms with Gasteiger partial charge in [-0.15, -0.1) is 0 Å². The number of halogens is 1. The first-order valence-corrected chi connectivity index (χ1v) is 7.88. The third-order valence-electron chi connectivity index (χ3n) is 3.83. The summed E-state index contributed by atoms with van der Waals surface area (Å²) in [6.45, 7) is 4.10. The maximum absolute atomic E-state index is 12.6. The standard InChI is InChI=1S/C16H16BrN3O2/c1-10-7-11(2)20(18-10)16(22)12-8-15(21)19(9-12)14-5-3-13(17)4-6-14/h3-7,12H,8-9H2,1-2H3. The van der Waals surface area contributed by atoms with Crippen molar-refractivity contribution in [2.75, 3.05) is 11.4 Å². The van der Waals surface area contributed by atoms with Gasteiger partial charge >= 0.3 is 0 Å². The molecule has 0 bridgehead atoms. The Labute approximate surface area is 137 Å². The molecule has 0 saturated carbocycles. The minimum absolute atomic E-state index is 0.0257. The van der Waals surface area contributed by atoms with E-state index in [1.807, 2.05) is 44.2 Å². The van der Waals surface area contributed by atoms with Gasteiger partial charge in [0.25, 0.3) is 5.91 Å². The maximum atomic E-state index is 12.6. The molecule has 22 heavy (non-hydrogen) atoms. The van der Waals surface area contributed by atoms with Crippen LogP contribution in [0.3, 0.4) is 0 Å². The fraction of sp³-hybridized carbons (Fsp3) is 0.312. The van der Waals surface area contributed by atoms with Crippen molar-refractivity contribution < 1.29 is 9.59 Å². The van der Waals surface area contributed by atoms with Crippen LogP contribution in [0.4, 0.5) is 5.69 Å². The SMILES string of the molecule is Cc1cc(C)n(C(=O)C2CC(=O)N(c3ccc(Br)cc3)C2)n1. The largest absolute Gasteiger partial charge is 0.312 e. The summed E-state index contributed by atoms with van der Waals surface area (Å²) in [5, 5.41) is 4.22. The van der Waals surface area contributed by atoms with E-state index in [4.69, 9.17) is 0 Å². The van der Waals surface area contributed by atoms with Gasteiger partial charge in [0.2, 0.25) is 5.91 Å². The van der Waals surface area contributed by atoms with Crippen LogP contribution in [0.2, 0.25) is 0 Å². The van der Waals surface area contributed by atoms with Crippen LogP contribution < -0.4 is 4.90 Å². The van der Waals surface area contributed by atoms with E-state index in [2.05, 4.69) is 21.0 Å². The Morgan fingerprint density at radius 3 is 2.55 bits per heavy atom. The number of carbonyl (C=O) groups excluding carboxylic acids is 2. The van der Waals surface area contributed by atoms with E-state index in [9.17, 15) is 9.59 Å². The van der Waals surface area contributed by atoms with E-state index in [0.29, 0.717) is 6.54 Å². The number of aromatic nitrogens is 2. The Balaban J connectivity index is 1.81. The van der Waals surface area contributed by atoms with Crippen LogP contribution in [0.5, 0.6) is 0 Å². The van der Waals surface area contributed by atoms with E-state index in [0.717, 1.165) is 21.5 Å². The summed E-state index contributed by atoms with van der Waals surface area (Å²) < 4.78 is 2.37. The summed E-state index contributed by atoms with van der Waals surface area (Å²) in [6, 6.07) is 9.38. The number of rotatable bonds is 2. The molecule has 6 heteroatoms. The van der Waals surface area contributed by atoms with Gasteiger partial charge < -0.3 is 4.90 Å². The predicted octanol–water partition coefficient (Wildman–Crippen LogP) is 2.96. The second-order valence-corrected chi connectivity index (χ2v) is 6.47. The van der Waals surface area contributed by atoms with Gasteiger partial charge in [-0.3, -0.25) is 9.59 Å². The van der Waals surface area contributed by atoms with Crippen LogP contribution >= 0.6 is 15.9 Å². The summed E-state index contributed by atoms with van der Waals surface area (Å²) in [5.74, 6) is -0.491. The number of nitrogens with zero attached hydrogens (tertiary/aromatic N) is 3. The molecule has 1 fully saturated rings. The first-order chi connectivity index (χ1) is 10.5. The first kappa shape index (κ1) is 15.0. The molecule has 0 N–H and O–H groups in total. The van der Waals surface area contributed by atoms with Crippen molar-refractivity contribution in [2.45, 2.75) is 20.3 Å². The smallest absolute Gasteiger partial charge is 0.252 e. The third-order valence-corrected chi connectivity index (χ3v) is 4.36. The summed E-state index contributed by atoms with van der Waals surface area (Å²) in [7, 11) is 0. The zero-order valence-corrected chi connectivity index (χ0v) is 14.0. The molecule has 2 aromatic rings. The summed E-state index contributed by atoms with van der Waals surface area (Å²) in [6.07, 6.45) is 0.229. The lowest BCUT2D eigenvalue weighted by Crippen LogP contribution is -2.28. The molecule has 114 valence electrons. The number of amides is 1. The van der Waals surface area contributed by atoms with Crippen molar-refractivity contribution in [3.8, 4) is 0 Å². The zero-order chi connectivity index (χ0) is 15.9. The van der Waals surface area contributed by atoms with Crippen molar-refractivity contribution >= 4 is 33.4 Å². The predicted molar refractivity (Wildman–Crippen MR) is 86.9 cm³/mol. The number of carbonyl (C=O) groups is 2. The third kappa shape index (κ3) is 2.70. The van der Waals surface area contributed by atoms with Gasteiger partial charge in [-0.25, -0.2) is 4.68 Å². The van der Waals surface area contributed by atoms with Crippen LogP contribution in [-0.4, -0.2) is 28.1 Å². The number of anilines is 1. The van der Waals surface area contributed by atoms with Crippen LogP contribution in [0.1, 0.15) is 22.6 Å². The van der Waals surface area contributed by atoms with Crippen molar-refractivity contribution in [3.05, 3.63) is 46.2 Å². The molecule has 1 saturated heterocycles. The molecule has 0 aliphatic carbocycles. The summed E-state index contributed by atoms with van der Waals surface area (Å²) in [5.41, 5.74) is 2.42. The Hall–Kier alpha value is -1.95. The van der Waals surface area contributed by atoms with E-state index < -0.39 is 0 Å². The second-order valence-electron chi connectivity index (χ2n) is 5.56. The normalized spacial score (nSPS) is 18.0. The molecule has 5 nitrogen and oxygen atoms in total. The minimum atomic E-state index is -0.353. The fourth-order valence-corrected chi connectivity index (χ4v) is 3.03. The van der Waals surface area contributed by atoms with E-state index in [1.54, 1.807) is 4.90 Å². The fourth-order valence-electron chi connectivity index (χ4n) is 2.77. The molecule has 1 atom stereocenters. The lowest BCUT2D eigenvalue weighted by molar-refractivity contribution is -0.117. The quantitative estimate of drug-likeness (QED) is 0.826. The minimum Gasteiger partial charge on any atom is -0.312 e. The van der Waals surface area contributed by atoms with Gasteiger partial charge in [-0.05, 0) is 44.2 Å². The van der Waals surface area contributed by atoms with Gasteiger partial charge in [-0.1, -0.05) is 15.9 Å². The lowest BCUT2D eigenvalue weighted by Gasteiger charge is -2.16. The van der Waals surface area contributed by atoms with E-state index in [1.165, 1.54) is 4.68 Å². The Morgan fingerprint density at radius 1 is 1.27 bits per heavy atom. The molecule has 1 unspecified atom stereocenters. The van der Waals surface area contributed by atoms with Gasteiger partial charge in [0.05, 0.1) is 11.6 Å². The highest BCUT2D eigenvalue weighted by Gasteiger charge is 2.36. The Kier molecular flexibility index (Phi) is 3.87. The lowest BCUT2D eigenvalue weighted by atomic mass is 10.1. The van der Waals surface area contributed by atoms with Crippen molar-refractivity contribution in [3.63, 3.8) is 0 Å². The average Bonchev–Trinajstić information content (AvgIpc) is 3.02. The number of hydrogen-bond acceptors (Lipinski definition) is 3. The molecule has 0 radical (unpaired) electrons. The highest BCUT2D eigenvalue weighted by atomic mass is 79.9. The second kappa shape index (κ2) is 5.68. The van der Waals surface area contributed by atoms with Gasteiger partial charge in [0.1, 0.15) is 0 Å². The topological polar surface area (TPSA) is 55.2 Å². The molecule has 1 amide bonds. The monoisotopic (exact) mass is 361 g/mol. The average molecular weight is 362 g/mol. The zero-order valence-electron chi connectivity index (χ0n) is 12.4. The number of hydrogen-bond donors (Lipinski definition) is 0. The molecule has 1 aliphatic rings. The molecule has 1 aromatic heterocycles. The van der Waals surface area contributed by atoms with Gasteiger partial charge in [-0.2, -0.15) is 5.10 Å². The number of aryl methyl sites for hydroxylation is 2. The molecule has 1 aliphatic heterocycles. The van der Waals surface area contributed by atoms with Crippen LogP contribution in [-0.2, 0) is 4.79 Å². The van der Waals surface area contributed by atoms with Gasteiger partial charge in [0.15, 0.2) is 0 Å². The van der Waals surface area contributed by atoms with Crippen molar-refractivity contribution in [1.82, 2.24) is 9.78 Å². The molecular weight excluding hydrogens is 346 g/mol. The Morgan fingerprint density at radius 2 is 1.95 bits per heavy atom. The van der Waals surface area contributed by atoms with Crippen LogP contribution in [0.25, 0.3) is 0 Å². The molecule has 0 spiro atoms. The Bertz CT molecular complexity index is 736.